The number of nitriles is 1. The van der Waals surface area contributed by atoms with Crippen LogP contribution in [0.2, 0.25) is 0 Å². The lowest BCUT2D eigenvalue weighted by atomic mass is 9.98. The van der Waals surface area contributed by atoms with Crippen LogP contribution in [0.5, 0.6) is 0 Å². The van der Waals surface area contributed by atoms with E-state index in [1.54, 1.807) is 0 Å². The van der Waals surface area contributed by atoms with Crippen LogP contribution >= 0.6 is 0 Å². The van der Waals surface area contributed by atoms with Crippen LogP contribution in [0.4, 0.5) is 11.4 Å². The second kappa shape index (κ2) is 5.36. The van der Waals surface area contributed by atoms with E-state index in [-0.39, 0.29) is 0 Å². The van der Waals surface area contributed by atoms with Crippen molar-refractivity contribution in [2.45, 2.75) is 19.9 Å². The second-order valence-corrected chi connectivity index (χ2v) is 5.16. The third kappa shape index (κ3) is 2.38. The molecule has 1 aliphatic heterocycles. The van der Waals surface area contributed by atoms with Gasteiger partial charge in [-0.25, -0.2) is 0 Å². The third-order valence-electron chi connectivity index (χ3n) is 3.71. The van der Waals surface area contributed by atoms with Crippen LogP contribution in [0.15, 0.2) is 36.4 Å². The molecule has 2 N–H and O–H groups in total. The highest BCUT2D eigenvalue weighted by molar-refractivity contribution is 5.70. The van der Waals surface area contributed by atoms with Crippen LogP contribution in [0.3, 0.4) is 0 Å². The minimum atomic E-state index is 0.683. The van der Waals surface area contributed by atoms with Crippen molar-refractivity contribution in [2.24, 2.45) is 0 Å². The number of anilines is 2. The zero-order valence-electron chi connectivity index (χ0n) is 11.5. The minimum absolute atomic E-state index is 0.683. The highest BCUT2D eigenvalue weighted by atomic mass is 14.9. The lowest BCUT2D eigenvalue weighted by molar-refractivity contribution is 0.645. The number of aryl methyl sites for hydroxylation is 1. The Morgan fingerprint density at radius 2 is 2.10 bits per heavy atom. The summed E-state index contributed by atoms with van der Waals surface area (Å²) in [6, 6.07) is 14.4. The standard InChI is InChI=1S/C17H17N3/c1-12-5-6-13(10-18)17(9-12)20-16-4-2-3-14-11-19-8-7-15(14)16/h2-6,9,19-20H,7-8,11H2,1H3. The summed E-state index contributed by atoms with van der Waals surface area (Å²) in [5, 5.41) is 16.1. The molecule has 3 heteroatoms. The van der Waals surface area contributed by atoms with E-state index in [9.17, 15) is 5.26 Å². The Hall–Kier alpha value is -2.31. The van der Waals surface area contributed by atoms with Gasteiger partial charge >= 0.3 is 0 Å². The summed E-state index contributed by atoms with van der Waals surface area (Å²) in [6.07, 6.45) is 1.02. The predicted octanol–water partition coefficient (Wildman–Crippen LogP) is 3.26. The number of fused-ring (bicyclic) bond motifs is 1. The Morgan fingerprint density at radius 3 is 2.95 bits per heavy atom. The van der Waals surface area contributed by atoms with Crippen molar-refractivity contribution < 1.29 is 0 Å². The van der Waals surface area contributed by atoms with Gasteiger partial charge in [0.15, 0.2) is 0 Å². The maximum Gasteiger partial charge on any atom is 0.101 e. The summed E-state index contributed by atoms with van der Waals surface area (Å²) in [7, 11) is 0. The molecule has 0 atom stereocenters. The first-order valence-electron chi connectivity index (χ1n) is 6.87. The van der Waals surface area contributed by atoms with Gasteiger partial charge in [0.2, 0.25) is 0 Å². The first-order valence-corrected chi connectivity index (χ1v) is 6.87. The summed E-state index contributed by atoms with van der Waals surface area (Å²) in [4.78, 5) is 0. The van der Waals surface area contributed by atoms with Gasteiger partial charge in [-0.15, -0.1) is 0 Å². The molecule has 2 aromatic rings. The molecule has 20 heavy (non-hydrogen) atoms. The molecule has 0 amide bonds. The number of nitrogens with zero attached hydrogens (tertiary/aromatic N) is 1. The van der Waals surface area contributed by atoms with Crippen molar-refractivity contribution in [3.63, 3.8) is 0 Å². The normalized spacial score (nSPS) is 13.4. The largest absolute Gasteiger partial charge is 0.354 e. The Labute approximate surface area is 119 Å². The molecule has 2 aromatic carbocycles. The van der Waals surface area contributed by atoms with E-state index in [0.717, 1.165) is 36.4 Å². The van der Waals surface area contributed by atoms with Crippen molar-refractivity contribution >= 4 is 11.4 Å². The molecule has 0 aromatic heterocycles. The fourth-order valence-electron chi connectivity index (χ4n) is 2.65. The minimum Gasteiger partial charge on any atom is -0.354 e. The molecule has 0 unspecified atom stereocenters. The number of rotatable bonds is 2. The summed E-state index contributed by atoms with van der Waals surface area (Å²) < 4.78 is 0. The quantitative estimate of drug-likeness (QED) is 0.874. The monoisotopic (exact) mass is 263 g/mol. The van der Waals surface area contributed by atoms with Crippen LogP contribution in [-0.2, 0) is 13.0 Å². The van der Waals surface area contributed by atoms with Crippen LogP contribution < -0.4 is 10.6 Å². The average Bonchev–Trinajstić information content (AvgIpc) is 2.48. The Kier molecular flexibility index (Phi) is 3.41. The van der Waals surface area contributed by atoms with E-state index < -0.39 is 0 Å². The fourth-order valence-corrected chi connectivity index (χ4v) is 2.65. The molecule has 1 heterocycles. The summed E-state index contributed by atoms with van der Waals surface area (Å²) in [5.41, 5.74) is 6.54. The summed E-state index contributed by atoms with van der Waals surface area (Å²) >= 11 is 0. The van der Waals surface area contributed by atoms with Crippen molar-refractivity contribution in [1.82, 2.24) is 5.32 Å². The SMILES string of the molecule is Cc1ccc(C#N)c(Nc2cccc3c2CCNC3)c1. The van der Waals surface area contributed by atoms with Gasteiger partial charge in [0, 0.05) is 12.2 Å². The van der Waals surface area contributed by atoms with E-state index in [1.807, 2.05) is 25.1 Å². The van der Waals surface area contributed by atoms with Crippen molar-refractivity contribution in [3.05, 3.63) is 58.7 Å². The Morgan fingerprint density at radius 1 is 1.20 bits per heavy atom. The molecule has 0 radical (unpaired) electrons. The van der Waals surface area contributed by atoms with Crippen LogP contribution in [0.25, 0.3) is 0 Å². The lowest BCUT2D eigenvalue weighted by Gasteiger charge is -2.21. The van der Waals surface area contributed by atoms with E-state index in [2.05, 4.69) is 34.9 Å². The lowest BCUT2D eigenvalue weighted by Crippen LogP contribution is -2.24. The molecule has 0 fully saturated rings. The van der Waals surface area contributed by atoms with Gasteiger partial charge in [0.1, 0.15) is 6.07 Å². The van der Waals surface area contributed by atoms with Gasteiger partial charge in [-0.3, -0.25) is 0 Å². The van der Waals surface area contributed by atoms with Crippen molar-refractivity contribution in [3.8, 4) is 6.07 Å². The maximum atomic E-state index is 9.23. The number of benzene rings is 2. The molecule has 0 saturated carbocycles. The molecule has 1 aliphatic rings. The van der Waals surface area contributed by atoms with Gasteiger partial charge in [0.05, 0.1) is 11.3 Å². The van der Waals surface area contributed by atoms with E-state index >= 15 is 0 Å². The van der Waals surface area contributed by atoms with E-state index in [1.165, 1.54) is 11.1 Å². The highest BCUT2D eigenvalue weighted by Gasteiger charge is 2.13. The summed E-state index contributed by atoms with van der Waals surface area (Å²) in [6.45, 7) is 3.96. The summed E-state index contributed by atoms with van der Waals surface area (Å²) in [5.74, 6) is 0. The molecule has 3 nitrogen and oxygen atoms in total. The van der Waals surface area contributed by atoms with Gasteiger partial charge < -0.3 is 10.6 Å². The molecular formula is C17H17N3. The van der Waals surface area contributed by atoms with Crippen molar-refractivity contribution in [2.75, 3.05) is 11.9 Å². The number of hydrogen-bond acceptors (Lipinski definition) is 3. The molecule has 3 rings (SSSR count). The Bertz CT molecular complexity index is 683. The third-order valence-corrected chi connectivity index (χ3v) is 3.71. The smallest absolute Gasteiger partial charge is 0.101 e. The Balaban J connectivity index is 2.00. The molecule has 0 aliphatic carbocycles. The zero-order chi connectivity index (χ0) is 13.9. The second-order valence-electron chi connectivity index (χ2n) is 5.16. The van der Waals surface area contributed by atoms with Gasteiger partial charge in [0.25, 0.3) is 0 Å². The van der Waals surface area contributed by atoms with Gasteiger partial charge in [-0.1, -0.05) is 18.2 Å². The maximum absolute atomic E-state index is 9.23. The molecule has 0 spiro atoms. The van der Waals surface area contributed by atoms with Crippen LogP contribution in [0.1, 0.15) is 22.3 Å². The topological polar surface area (TPSA) is 47.9 Å². The van der Waals surface area contributed by atoms with Crippen molar-refractivity contribution in [1.29, 1.82) is 5.26 Å². The average molecular weight is 263 g/mol. The van der Waals surface area contributed by atoms with Gasteiger partial charge in [-0.05, 0) is 54.8 Å². The molecule has 100 valence electrons. The first-order chi connectivity index (χ1) is 9.78. The highest BCUT2D eigenvalue weighted by Crippen LogP contribution is 2.28. The first kappa shape index (κ1) is 12.7. The van der Waals surface area contributed by atoms with Gasteiger partial charge in [-0.2, -0.15) is 5.26 Å². The zero-order valence-corrected chi connectivity index (χ0v) is 11.5. The predicted molar refractivity (Wildman–Crippen MR) is 81.0 cm³/mol. The van der Waals surface area contributed by atoms with E-state index in [0.29, 0.717) is 5.56 Å². The van der Waals surface area contributed by atoms with Crippen LogP contribution in [0, 0.1) is 18.3 Å². The van der Waals surface area contributed by atoms with Crippen LogP contribution in [-0.4, -0.2) is 6.54 Å². The number of nitrogens with one attached hydrogen (secondary N) is 2. The van der Waals surface area contributed by atoms with E-state index in [4.69, 9.17) is 0 Å². The molecule has 0 bridgehead atoms. The number of hydrogen-bond donors (Lipinski definition) is 2. The molecule has 0 saturated heterocycles. The fraction of sp³-hybridized carbons (Fsp3) is 0.235. The molecular weight excluding hydrogens is 246 g/mol.